The number of likely N-dealkylation sites (N-methyl/N-ethyl adjacent to an activating group) is 1. The van der Waals surface area contributed by atoms with Crippen molar-refractivity contribution in [1.82, 2.24) is 9.88 Å². The van der Waals surface area contributed by atoms with Crippen LogP contribution in [0.15, 0.2) is 18.3 Å². The van der Waals surface area contributed by atoms with E-state index in [0.29, 0.717) is 19.5 Å². The number of aromatic nitrogens is 1. The Morgan fingerprint density at radius 1 is 1.45 bits per heavy atom. The van der Waals surface area contributed by atoms with E-state index in [0.717, 1.165) is 30.8 Å². The van der Waals surface area contributed by atoms with Gasteiger partial charge in [-0.15, -0.1) is 0 Å². The Morgan fingerprint density at radius 3 is 3.00 bits per heavy atom. The Balaban J connectivity index is 1.86. The Morgan fingerprint density at radius 2 is 2.27 bits per heavy atom. The zero-order valence-corrected chi connectivity index (χ0v) is 12.9. The molecule has 0 saturated carbocycles. The lowest BCUT2D eigenvalue weighted by Crippen LogP contribution is -2.63. The maximum atomic E-state index is 11.9. The number of aliphatic hydroxyl groups excluding tert-OH is 1. The summed E-state index contributed by atoms with van der Waals surface area (Å²) in [6, 6.07) is 3.69. The highest BCUT2D eigenvalue weighted by atomic mass is 16.4. The highest BCUT2D eigenvalue weighted by Gasteiger charge is 2.52. The molecule has 0 unspecified atom stereocenters. The molecule has 3 rings (SSSR count). The summed E-state index contributed by atoms with van der Waals surface area (Å²) in [5, 5.41) is 19.1. The van der Waals surface area contributed by atoms with Crippen LogP contribution in [-0.4, -0.2) is 58.8 Å². The first-order valence-corrected chi connectivity index (χ1v) is 7.81. The summed E-state index contributed by atoms with van der Waals surface area (Å²) in [5.41, 5.74) is 0.204. The molecule has 2 N–H and O–H groups in total. The molecule has 0 amide bonds. The molecule has 0 aliphatic carbocycles. The van der Waals surface area contributed by atoms with Gasteiger partial charge in [0.25, 0.3) is 0 Å². The average Bonchev–Trinajstić information content (AvgIpc) is 2.55. The second-order valence-electron chi connectivity index (χ2n) is 6.44. The van der Waals surface area contributed by atoms with Gasteiger partial charge in [0.15, 0.2) is 0 Å². The number of carbonyl (C=O) groups is 1. The zero-order valence-electron chi connectivity index (χ0n) is 12.9. The van der Waals surface area contributed by atoms with Crippen molar-refractivity contribution in [2.45, 2.75) is 31.9 Å². The number of rotatable bonds is 3. The SMILES string of the molecule is CN1CCC[C@]2(C(=O)O)CCN(c3cc(CO)ccn3)C[C@@H]12. The minimum atomic E-state index is -0.666. The fraction of sp³-hybridized carbons (Fsp3) is 0.625. The first kappa shape index (κ1) is 15.2. The number of fused-ring (bicyclic) bond motifs is 1. The van der Waals surface area contributed by atoms with Crippen molar-refractivity contribution in [2.24, 2.45) is 5.41 Å². The van der Waals surface area contributed by atoms with E-state index < -0.39 is 11.4 Å². The molecular weight excluding hydrogens is 282 g/mol. The van der Waals surface area contributed by atoms with E-state index in [1.165, 1.54) is 0 Å². The van der Waals surface area contributed by atoms with Crippen LogP contribution in [0.3, 0.4) is 0 Å². The van der Waals surface area contributed by atoms with E-state index in [1.54, 1.807) is 12.3 Å². The third-order valence-corrected chi connectivity index (χ3v) is 5.27. The third kappa shape index (κ3) is 2.46. The first-order valence-electron chi connectivity index (χ1n) is 7.81. The maximum absolute atomic E-state index is 11.9. The number of piperidine rings is 2. The number of aliphatic carboxylic acids is 1. The molecule has 22 heavy (non-hydrogen) atoms. The lowest BCUT2D eigenvalue weighted by molar-refractivity contribution is -0.158. The summed E-state index contributed by atoms with van der Waals surface area (Å²) >= 11 is 0. The molecule has 120 valence electrons. The molecule has 2 aliphatic rings. The van der Waals surface area contributed by atoms with Crippen molar-refractivity contribution in [2.75, 3.05) is 31.6 Å². The summed E-state index contributed by atoms with van der Waals surface area (Å²) in [6.45, 7) is 2.30. The van der Waals surface area contributed by atoms with Gasteiger partial charge < -0.3 is 20.0 Å². The summed E-state index contributed by atoms with van der Waals surface area (Å²) in [5.74, 6) is 0.158. The quantitative estimate of drug-likeness (QED) is 0.866. The number of likely N-dealkylation sites (tertiary alicyclic amines) is 1. The topological polar surface area (TPSA) is 76.9 Å². The van der Waals surface area contributed by atoms with Crippen LogP contribution in [0.1, 0.15) is 24.8 Å². The molecule has 1 aromatic heterocycles. The number of nitrogens with zero attached hydrogens (tertiary/aromatic N) is 3. The standard InChI is InChI=1S/C16H23N3O3/c1-18-7-2-4-16(15(21)22)5-8-19(10-13(16)18)14-9-12(11-20)3-6-17-14/h3,6,9,13,20H,2,4-5,7-8,10-11H2,1H3,(H,21,22)/t13-,16+/m1/s1. The van der Waals surface area contributed by atoms with Crippen molar-refractivity contribution in [3.8, 4) is 0 Å². The van der Waals surface area contributed by atoms with Gasteiger partial charge >= 0.3 is 5.97 Å². The summed E-state index contributed by atoms with van der Waals surface area (Å²) in [4.78, 5) is 20.6. The second kappa shape index (κ2) is 5.85. The molecule has 6 nitrogen and oxygen atoms in total. The van der Waals surface area contributed by atoms with Crippen molar-refractivity contribution < 1.29 is 15.0 Å². The fourth-order valence-electron chi connectivity index (χ4n) is 3.92. The minimum absolute atomic E-state index is 0.00656. The van der Waals surface area contributed by atoms with Gasteiger partial charge in [-0.1, -0.05) is 0 Å². The van der Waals surface area contributed by atoms with Crippen LogP contribution >= 0.6 is 0 Å². The van der Waals surface area contributed by atoms with Crippen LogP contribution in [0, 0.1) is 5.41 Å². The molecule has 1 aromatic rings. The average molecular weight is 305 g/mol. The molecule has 0 radical (unpaired) electrons. The van der Waals surface area contributed by atoms with Crippen LogP contribution in [-0.2, 0) is 11.4 Å². The largest absolute Gasteiger partial charge is 0.481 e. The number of anilines is 1. The van der Waals surface area contributed by atoms with Crippen LogP contribution in [0.25, 0.3) is 0 Å². The number of aliphatic hydroxyl groups is 1. The number of carboxylic acids is 1. The molecule has 2 saturated heterocycles. The van der Waals surface area contributed by atoms with Crippen LogP contribution in [0.2, 0.25) is 0 Å². The molecule has 2 aliphatic heterocycles. The van der Waals surface area contributed by atoms with E-state index in [4.69, 9.17) is 0 Å². The summed E-state index contributed by atoms with van der Waals surface area (Å²) in [7, 11) is 2.02. The molecule has 3 heterocycles. The number of hydrogen-bond donors (Lipinski definition) is 2. The molecule has 0 bridgehead atoms. The summed E-state index contributed by atoms with van der Waals surface area (Å²) in [6.07, 6.45) is 4.04. The fourth-order valence-corrected chi connectivity index (χ4v) is 3.92. The normalized spacial score (nSPS) is 29.2. The van der Waals surface area contributed by atoms with Gasteiger partial charge in [0.05, 0.1) is 12.0 Å². The molecule has 2 atom stereocenters. The number of carboxylic acid groups (broad SMARTS) is 1. The number of hydrogen-bond acceptors (Lipinski definition) is 5. The Hall–Kier alpha value is -1.66. The smallest absolute Gasteiger partial charge is 0.311 e. The predicted octanol–water partition coefficient (Wildman–Crippen LogP) is 0.949. The van der Waals surface area contributed by atoms with Crippen molar-refractivity contribution in [1.29, 1.82) is 0 Å². The highest BCUT2D eigenvalue weighted by Crippen LogP contribution is 2.42. The molecule has 0 aromatic carbocycles. The third-order valence-electron chi connectivity index (χ3n) is 5.27. The van der Waals surface area contributed by atoms with E-state index in [2.05, 4.69) is 14.8 Å². The van der Waals surface area contributed by atoms with Gasteiger partial charge in [0.2, 0.25) is 0 Å². The monoisotopic (exact) mass is 305 g/mol. The maximum Gasteiger partial charge on any atom is 0.311 e. The van der Waals surface area contributed by atoms with E-state index in [9.17, 15) is 15.0 Å². The number of pyridine rings is 1. The lowest BCUT2D eigenvalue weighted by atomic mass is 9.68. The van der Waals surface area contributed by atoms with Crippen LogP contribution in [0.5, 0.6) is 0 Å². The van der Waals surface area contributed by atoms with Crippen LogP contribution < -0.4 is 4.90 Å². The minimum Gasteiger partial charge on any atom is -0.481 e. The lowest BCUT2D eigenvalue weighted by Gasteiger charge is -2.52. The van der Waals surface area contributed by atoms with Crippen molar-refractivity contribution >= 4 is 11.8 Å². The molecule has 0 spiro atoms. The van der Waals surface area contributed by atoms with Gasteiger partial charge in [0.1, 0.15) is 5.82 Å². The second-order valence-corrected chi connectivity index (χ2v) is 6.44. The van der Waals surface area contributed by atoms with E-state index in [1.807, 2.05) is 13.1 Å². The molecular formula is C16H23N3O3. The van der Waals surface area contributed by atoms with Crippen molar-refractivity contribution in [3.63, 3.8) is 0 Å². The van der Waals surface area contributed by atoms with Gasteiger partial charge in [-0.05, 0) is 50.6 Å². The van der Waals surface area contributed by atoms with Gasteiger partial charge in [-0.3, -0.25) is 4.79 Å². The summed E-state index contributed by atoms with van der Waals surface area (Å²) < 4.78 is 0. The highest BCUT2D eigenvalue weighted by molar-refractivity contribution is 5.76. The Kier molecular flexibility index (Phi) is 4.06. The van der Waals surface area contributed by atoms with E-state index >= 15 is 0 Å². The van der Waals surface area contributed by atoms with Crippen molar-refractivity contribution in [3.05, 3.63) is 23.9 Å². The zero-order chi connectivity index (χ0) is 15.7. The van der Waals surface area contributed by atoms with Gasteiger partial charge in [0, 0.05) is 25.3 Å². The van der Waals surface area contributed by atoms with E-state index in [-0.39, 0.29) is 12.6 Å². The van der Waals surface area contributed by atoms with Gasteiger partial charge in [-0.2, -0.15) is 0 Å². The Labute approximate surface area is 130 Å². The Bertz CT molecular complexity index is 565. The molecule has 2 fully saturated rings. The molecule has 6 heteroatoms. The predicted molar refractivity (Wildman–Crippen MR) is 82.7 cm³/mol. The van der Waals surface area contributed by atoms with Crippen LogP contribution in [0.4, 0.5) is 5.82 Å². The van der Waals surface area contributed by atoms with Gasteiger partial charge in [-0.25, -0.2) is 4.98 Å². The first-order chi connectivity index (χ1) is 10.6.